The quantitative estimate of drug-likeness (QED) is 0.831. The first-order valence-electron chi connectivity index (χ1n) is 6.92. The lowest BCUT2D eigenvalue weighted by Gasteiger charge is -2.32. The van der Waals surface area contributed by atoms with Crippen molar-refractivity contribution in [3.8, 4) is 0 Å². The van der Waals surface area contributed by atoms with E-state index in [2.05, 4.69) is 9.10 Å². The van der Waals surface area contributed by atoms with Gasteiger partial charge in [0.05, 0.1) is 0 Å². The second kappa shape index (κ2) is 6.38. The number of sulfonamides is 1. The number of hydrogen-bond acceptors (Lipinski definition) is 5. The zero-order chi connectivity index (χ0) is 17.3. The lowest BCUT2D eigenvalue weighted by Crippen LogP contribution is -2.45. The molecule has 0 aliphatic carbocycles. The predicted octanol–water partition coefficient (Wildman–Crippen LogP) is 2.49. The lowest BCUT2D eigenvalue weighted by atomic mass is 9.79. The number of nitrogens with one attached hydrogen (secondary N) is 1. The molecule has 0 spiro atoms. The zero-order valence-corrected chi connectivity index (χ0v) is 14.6. The van der Waals surface area contributed by atoms with Crippen LogP contribution in [0, 0.1) is 0 Å². The summed E-state index contributed by atoms with van der Waals surface area (Å²) in [5, 5.41) is 10.3. The van der Waals surface area contributed by atoms with Gasteiger partial charge in [0, 0.05) is 16.8 Å². The molecule has 0 aliphatic rings. The summed E-state index contributed by atoms with van der Waals surface area (Å²) in [6.07, 6.45) is 0. The summed E-state index contributed by atoms with van der Waals surface area (Å²) >= 11 is 0.802. The van der Waals surface area contributed by atoms with Crippen LogP contribution in [0.15, 0.2) is 40.6 Å². The number of carboxylic acids is 1. The average Bonchev–Trinajstić information content (AvgIpc) is 2.98. The highest BCUT2D eigenvalue weighted by molar-refractivity contribution is 7.89. The zero-order valence-electron chi connectivity index (χ0n) is 13.0. The van der Waals surface area contributed by atoms with Crippen LogP contribution < -0.4 is 4.72 Å². The van der Waals surface area contributed by atoms with Crippen molar-refractivity contribution in [1.82, 2.24) is 9.10 Å². The largest absolute Gasteiger partial charge is 0.476 e. The Kier molecular flexibility index (Phi) is 4.88. The van der Waals surface area contributed by atoms with Crippen molar-refractivity contribution in [3.63, 3.8) is 0 Å². The number of hydrogen-bond donors (Lipinski definition) is 2. The predicted molar refractivity (Wildman–Crippen MR) is 88.3 cm³/mol. The molecule has 1 unspecified atom stereocenters. The van der Waals surface area contributed by atoms with Crippen LogP contribution in [0.2, 0.25) is 0 Å². The molecule has 0 radical (unpaired) electrons. The van der Waals surface area contributed by atoms with E-state index >= 15 is 0 Å². The fourth-order valence-electron chi connectivity index (χ4n) is 2.12. The van der Waals surface area contributed by atoms with E-state index in [-0.39, 0.29) is 4.90 Å². The normalized spacial score (nSPS) is 13.7. The Bertz CT molecular complexity index is 798. The molecule has 1 heterocycles. The van der Waals surface area contributed by atoms with Crippen LogP contribution in [0.4, 0.5) is 0 Å². The lowest BCUT2D eigenvalue weighted by molar-refractivity contribution is 0.0687. The van der Waals surface area contributed by atoms with E-state index in [1.54, 1.807) is 6.92 Å². The minimum Gasteiger partial charge on any atom is -0.476 e. The van der Waals surface area contributed by atoms with E-state index in [9.17, 15) is 13.2 Å². The van der Waals surface area contributed by atoms with Gasteiger partial charge in [0.25, 0.3) is 0 Å². The molecule has 2 rings (SSSR count). The first-order valence-corrected chi connectivity index (χ1v) is 9.23. The third kappa shape index (κ3) is 3.60. The van der Waals surface area contributed by atoms with Gasteiger partial charge in [-0.05, 0) is 24.0 Å². The number of nitrogens with zero attached hydrogens (tertiary/aromatic N) is 1. The SMILES string of the molecule is CC(NS(=O)(=O)c1csnc1C(=O)O)C(C)(C)c1ccccc1. The average molecular weight is 354 g/mol. The molecule has 0 amide bonds. The van der Waals surface area contributed by atoms with Gasteiger partial charge in [-0.3, -0.25) is 0 Å². The minimum atomic E-state index is -3.97. The number of carboxylic acid groups (broad SMARTS) is 1. The fraction of sp³-hybridized carbons (Fsp3) is 0.333. The molecule has 2 aromatic rings. The van der Waals surface area contributed by atoms with Crippen LogP contribution in [-0.2, 0) is 15.4 Å². The Morgan fingerprint density at radius 2 is 1.91 bits per heavy atom. The van der Waals surface area contributed by atoms with Gasteiger partial charge in [-0.1, -0.05) is 44.2 Å². The van der Waals surface area contributed by atoms with E-state index in [0.29, 0.717) is 0 Å². The van der Waals surface area contributed by atoms with Crippen LogP contribution in [0.25, 0.3) is 0 Å². The Balaban J connectivity index is 2.30. The van der Waals surface area contributed by atoms with E-state index in [0.717, 1.165) is 17.1 Å². The maximum atomic E-state index is 12.5. The third-order valence-electron chi connectivity index (χ3n) is 3.96. The van der Waals surface area contributed by atoms with Gasteiger partial charge in [0.2, 0.25) is 10.0 Å². The summed E-state index contributed by atoms with van der Waals surface area (Å²) in [7, 11) is -3.97. The standard InChI is InChI=1S/C15H18N2O4S2/c1-10(15(2,3)11-7-5-4-6-8-11)17-23(20,21)12-9-22-16-13(12)14(18)19/h4-10,17H,1-3H3,(H,18,19). The first-order chi connectivity index (χ1) is 10.7. The minimum absolute atomic E-state index is 0.300. The van der Waals surface area contributed by atoms with E-state index < -0.39 is 33.1 Å². The van der Waals surface area contributed by atoms with Crippen LogP contribution in [0.1, 0.15) is 36.8 Å². The van der Waals surface area contributed by atoms with Gasteiger partial charge in [-0.2, -0.15) is 4.37 Å². The molecule has 0 aliphatic heterocycles. The number of carbonyl (C=O) groups is 1. The van der Waals surface area contributed by atoms with E-state index in [1.807, 2.05) is 44.2 Å². The van der Waals surface area contributed by atoms with Crippen molar-refractivity contribution in [3.05, 3.63) is 47.0 Å². The van der Waals surface area contributed by atoms with Crippen LogP contribution in [-0.4, -0.2) is 29.9 Å². The molecule has 1 aromatic carbocycles. The van der Waals surface area contributed by atoms with Crippen LogP contribution >= 0.6 is 11.5 Å². The highest BCUT2D eigenvalue weighted by Gasteiger charge is 2.33. The highest BCUT2D eigenvalue weighted by Crippen LogP contribution is 2.28. The molecule has 2 N–H and O–H groups in total. The number of aromatic carboxylic acids is 1. The molecule has 1 aromatic heterocycles. The third-order valence-corrected chi connectivity index (χ3v) is 6.29. The number of rotatable bonds is 6. The van der Waals surface area contributed by atoms with Crippen LogP contribution in [0.3, 0.4) is 0 Å². The maximum absolute atomic E-state index is 12.5. The topological polar surface area (TPSA) is 96.4 Å². The van der Waals surface area contributed by atoms with Gasteiger partial charge in [0.1, 0.15) is 4.90 Å². The summed E-state index contributed by atoms with van der Waals surface area (Å²) in [6.45, 7) is 5.61. The molecular weight excluding hydrogens is 336 g/mol. The molecule has 6 nitrogen and oxygen atoms in total. The fourth-order valence-corrected chi connectivity index (χ4v) is 4.63. The van der Waals surface area contributed by atoms with Crippen molar-refractivity contribution in [2.45, 2.75) is 37.1 Å². The van der Waals surface area contributed by atoms with Gasteiger partial charge in [-0.15, -0.1) is 0 Å². The van der Waals surface area contributed by atoms with Crippen molar-refractivity contribution < 1.29 is 18.3 Å². The Morgan fingerprint density at radius 3 is 2.48 bits per heavy atom. The Labute approximate surface area is 139 Å². The number of aromatic nitrogens is 1. The molecule has 124 valence electrons. The summed E-state index contributed by atoms with van der Waals surface area (Å²) in [6, 6.07) is 9.09. The van der Waals surface area contributed by atoms with Crippen molar-refractivity contribution >= 4 is 27.5 Å². The van der Waals surface area contributed by atoms with Gasteiger partial charge >= 0.3 is 5.97 Å². The maximum Gasteiger partial charge on any atom is 0.357 e. The number of benzene rings is 1. The summed E-state index contributed by atoms with van der Waals surface area (Å²) in [5.74, 6) is -1.36. The second-order valence-corrected chi connectivity index (χ2v) is 8.07. The summed E-state index contributed by atoms with van der Waals surface area (Å²) < 4.78 is 31.2. The Morgan fingerprint density at radius 1 is 1.30 bits per heavy atom. The van der Waals surface area contributed by atoms with Gasteiger partial charge in [-0.25, -0.2) is 17.9 Å². The molecule has 8 heteroatoms. The van der Waals surface area contributed by atoms with E-state index in [1.165, 1.54) is 5.38 Å². The first kappa shape index (κ1) is 17.6. The van der Waals surface area contributed by atoms with Crippen LogP contribution in [0.5, 0.6) is 0 Å². The molecule has 0 fully saturated rings. The Hall–Kier alpha value is -1.77. The molecule has 0 saturated heterocycles. The molecular formula is C15H18N2O4S2. The van der Waals surface area contributed by atoms with Gasteiger partial charge in [0.15, 0.2) is 5.69 Å². The van der Waals surface area contributed by atoms with E-state index in [4.69, 9.17) is 5.11 Å². The van der Waals surface area contributed by atoms with Gasteiger partial charge < -0.3 is 5.11 Å². The highest BCUT2D eigenvalue weighted by atomic mass is 32.2. The molecule has 1 atom stereocenters. The van der Waals surface area contributed by atoms with Crippen molar-refractivity contribution in [1.29, 1.82) is 0 Å². The van der Waals surface area contributed by atoms with Crippen molar-refractivity contribution in [2.24, 2.45) is 0 Å². The molecule has 0 saturated carbocycles. The second-order valence-electron chi connectivity index (χ2n) is 5.76. The summed E-state index contributed by atoms with van der Waals surface area (Å²) in [4.78, 5) is 10.8. The monoisotopic (exact) mass is 354 g/mol. The summed E-state index contributed by atoms with van der Waals surface area (Å²) in [5.41, 5.74) is 0.0607. The smallest absolute Gasteiger partial charge is 0.357 e. The molecule has 23 heavy (non-hydrogen) atoms. The van der Waals surface area contributed by atoms with Crippen molar-refractivity contribution in [2.75, 3.05) is 0 Å². The molecule has 0 bridgehead atoms.